The molecule has 0 atom stereocenters. The molecule has 0 aliphatic carbocycles. The van der Waals surface area contributed by atoms with E-state index in [9.17, 15) is 4.79 Å². The van der Waals surface area contributed by atoms with Crippen LogP contribution in [0, 0.1) is 11.3 Å². The Labute approximate surface area is 191 Å². The second-order valence-electron chi connectivity index (χ2n) is 7.71. The third-order valence-electron chi connectivity index (χ3n) is 4.45. The minimum absolute atomic E-state index is 0. The van der Waals surface area contributed by atoms with Crippen LogP contribution in [0.5, 0.6) is 0 Å². The van der Waals surface area contributed by atoms with Gasteiger partial charge in [0.15, 0.2) is 5.96 Å². The van der Waals surface area contributed by atoms with Crippen molar-refractivity contribution in [2.75, 3.05) is 13.6 Å². The van der Waals surface area contributed by atoms with Gasteiger partial charge in [0.25, 0.3) is 0 Å². The van der Waals surface area contributed by atoms with Crippen LogP contribution in [0.1, 0.15) is 58.6 Å². The zero-order valence-corrected chi connectivity index (χ0v) is 20.6. The van der Waals surface area contributed by atoms with Gasteiger partial charge >= 0.3 is 6.09 Å². The van der Waals surface area contributed by atoms with Gasteiger partial charge < -0.3 is 20.7 Å². The molecule has 7 nitrogen and oxygen atoms in total. The van der Waals surface area contributed by atoms with E-state index in [1.165, 1.54) is 0 Å². The van der Waals surface area contributed by atoms with Crippen molar-refractivity contribution in [3.8, 4) is 6.07 Å². The van der Waals surface area contributed by atoms with Crippen LogP contribution in [0.2, 0.25) is 0 Å². The SMILES string of the molecule is CCC(CC)(CNC(=NC)NCc1cccc(C#N)c1)NC(=O)OC(C)(C)C.I. The maximum absolute atomic E-state index is 12.2. The molecule has 0 radical (unpaired) electrons. The van der Waals surface area contributed by atoms with E-state index in [-0.39, 0.29) is 24.0 Å². The van der Waals surface area contributed by atoms with Crippen LogP contribution in [0.3, 0.4) is 0 Å². The number of ether oxygens (including phenoxy) is 1. The number of hydrogen-bond acceptors (Lipinski definition) is 4. The maximum atomic E-state index is 12.2. The van der Waals surface area contributed by atoms with Gasteiger partial charge in [-0.15, -0.1) is 24.0 Å². The summed E-state index contributed by atoms with van der Waals surface area (Å²) in [5.74, 6) is 0.625. The lowest BCUT2D eigenvalue weighted by Gasteiger charge is -2.34. The summed E-state index contributed by atoms with van der Waals surface area (Å²) in [5.41, 5.74) is 0.631. The molecule has 0 aromatic heterocycles. The first kappa shape index (κ1) is 27.0. The second kappa shape index (κ2) is 12.5. The van der Waals surface area contributed by atoms with Crippen LogP contribution in [0.25, 0.3) is 0 Å². The second-order valence-corrected chi connectivity index (χ2v) is 7.71. The lowest BCUT2D eigenvalue weighted by molar-refractivity contribution is 0.0448. The van der Waals surface area contributed by atoms with Crippen LogP contribution in [0.4, 0.5) is 4.79 Å². The first-order chi connectivity index (χ1) is 13.2. The van der Waals surface area contributed by atoms with Crippen molar-refractivity contribution >= 4 is 36.0 Å². The molecule has 0 bridgehead atoms. The van der Waals surface area contributed by atoms with Gasteiger partial charge in [-0.2, -0.15) is 5.26 Å². The van der Waals surface area contributed by atoms with Crippen molar-refractivity contribution in [1.29, 1.82) is 5.26 Å². The molecule has 0 aliphatic rings. The minimum atomic E-state index is -0.541. The van der Waals surface area contributed by atoms with Crippen LogP contribution >= 0.6 is 24.0 Å². The van der Waals surface area contributed by atoms with Gasteiger partial charge in [-0.05, 0) is 51.3 Å². The molecule has 0 unspecified atom stereocenters. The van der Waals surface area contributed by atoms with Gasteiger partial charge in [0.05, 0.1) is 17.2 Å². The Bertz CT molecular complexity index is 719. The highest BCUT2D eigenvalue weighted by molar-refractivity contribution is 14.0. The fourth-order valence-corrected chi connectivity index (χ4v) is 2.65. The predicted octanol–water partition coefficient (Wildman–Crippen LogP) is 3.92. The summed E-state index contributed by atoms with van der Waals surface area (Å²) in [6, 6.07) is 9.56. The maximum Gasteiger partial charge on any atom is 0.408 e. The van der Waals surface area contributed by atoms with E-state index < -0.39 is 17.2 Å². The van der Waals surface area contributed by atoms with Gasteiger partial charge in [0.2, 0.25) is 0 Å². The number of guanidine groups is 1. The third-order valence-corrected chi connectivity index (χ3v) is 4.45. The standard InChI is InChI=1S/C21H33N5O2.HI/c1-7-21(8-2,26-19(27)28-20(3,4)5)15-25-18(23-6)24-14-17-11-9-10-16(12-17)13-22;/h9-12H,7-8,14-15H2,1-6H3,(H,26,27)(H2,23,24,25);1H. The van der Waals surface area contributed by atoms with Crippen LogP contribution in [-0.4, -0.2) is 36.8 Å². The molecule has 0 fully saturated rings. The van der Waals surface area contributed by atoms with E-state index in [1.54, 1.807) is 13.1 Å². The lowest BCUT2D eigenvalue weighted by Crippen LogP contribution is -2.57. The molecule has 8 heteroatoms. The third kappa shape index (κ3) is 9.83. The molecule has 0 heterocycles. The van der Waals surface area contributed by atoms with Crippen molar-refractivity contribution in [1.82, 2.24) is 16.0 Å². The summed E-state index contributed by atoms with van der Waals surface area (Å²) in [7, 11) is 1.70. The summed E-state index contributed by atoms with van der Waals surface area (Å²) >= 11 is 0. The van der Waals surface area contributed by atoms with E-state index in [2.05, 4.69) is 27.0 Å². The number of carbonyl (C=O) groups excluding carboxylic acids is 1. The number of nitrogens with zero attached hydrogens (tertiary/aromatic N) is 2. The topological polar surface area (TPSA) is 98.5 Å². The zero-order valence-electron chi connectivity index (χ0n) is 18.3. The molecule has 0 aliphatic heterocycles. The van der Waals surface area contributed by atoms with E-state index in [1.807, 2.05) is 52.8 Å². The molecule has 0 saturated heterocycles. The Morgan fingerprint density at radius 2 is 1.86 bits per heavy atom. The molecule has 3 N–H and O–H groups in total. The highest BCUT2D eigenvalue weighted by Gasteiger charge is 2.30. The number of alkyl carbamates (subject to hydrolysis) is 1. The largest absolute Gasteiger partial charge is 0.444 e. The first-order valence-corrected chi connectivity index (χ1v) is 9.61. The Balaban J connectivity index is 0.00000784. The normalized spacial score (nSPS) is 11.7. The van der Waals surface area contributed by atoms with Crippen LogP contribution < -0.4 is 16.0 Å². The predicted molar refractivity (Wildman–Crippen MR) is 127 cm³/mol. The Hall–Kier alpha value is -2.02. The summed E-state index contributed by atoms with van der Waals surface area (Å²) in [6.45, 7) is 10.7. The highest BCUT2D eigenvalue weighted by atomic mass is 127. The van der Waals surface area contributed by atoms with E-state index in [0.29, 0.717) is 24.6 Å². The number of aliphatic imine (C=N–C) groups is 1. The molecular weight excluding hydrogens is 481 g/mol. The van der Waals surface area contributed by atoms with Crippen LogP contribution in [-0.2, 0) is 11.3 Å². The Morgan fingerprint density at radius 1 is 1.21 bits per heavy atom. The zero-order chi connectivity index (χ0) is 21.2. The molecule has 0 spiro atoms. The molecule has 1 rings (SSSR count). The van der Waals surface area contributed by atoms with Gasteiger partial charge in [-0.3, -0.25) is 4.99 Å². The van der Waals surface area contributed by atoms with Gasteiger partial charge in [-0.1, -0.05) is 26.0 Å². The Kier molecular flexibility index (Phi) is 11.7. The molecular formula is C21H34IN5O2. The number of halogens is 1. The number of nitriles is 1. The molecule has 1 amide bonds. The number of hydrogen-bond donors (Lipinski definition) is 3. The number of amides is 1. The fourth-order valence-electron chi connectivity index (χ4n) is 2.65. The quantitative estimate of drug-likeness (QED) is 0.291. The molecule has 1 aromatic rings. The van der Waals surface area contributed by atoms with Crippen molar-refractivity contribution < 1.29 is 9.53 Å². The highest BCUT2D eigenvalue weighted by Crippen LogP contribution is 2.16. The Morgan fingerprint density at radius 3 is 2.38 bits per heavy atom. The average molecular weight is 515 g/mol. The number of carbonyl (C=O) groups is 1. The first-order valence-electron chi connectivity index (χ1n) is 9.61. The van der Waals surface area contributed by atoms with Gasteiger partial charge in [0.1, 0.15) is 5.60 Å². The van der Waals surface area contributed by atoms with E-state index in [4.69, 9.17) is 10.00 Å². The van der Waals surface area contributed by atoms with Gasteiger partial charge in [-0.25, -0.2) is 4.79 Å². The smallest absolute Gasteiger partial charge is 0.408 e. The van der Waals surface area contributed by atoms with E-state index >= 15 is 0 Å². The average Bonchev–Trinajstić information content (AvgIpc) is 2.65. The van der Waals surface area contributed by atoms with Crippen molar-refractivity contribution in [3.05, 3.63) is 35.4 Å². The van der Waals surface area contributed by atoms with Crippen molar-refractivity contribution in [3.63, 3.8) is 0 Å². The summed E-state index contributed by atoms with van der Waals surface area (Å²) in [5, 5.41) is 18.5. The molecule has 162 valence electrons. The van der Waals surface area contributed by atoms with Crippen molar-refractivity contribution in [2.24, 2.45) is 4.99 Å². The molecule has 0 saturated carbocycles. The number of rotatable bonds is 7. The van der Waals surface area contributed by atoms with Crippen molar-refractivity contribution in [2.45, 2.75) is 65.1 Å². The lowest BCUT2D eigenvalue weighted by atomic mass is 9.93. The summed E-state index contributed by atoms with van der Waals surface area (Å²) < 4.78 is 5.41. The molecule has 29 heavy (non-hydrogen) atoms. The minimum Gasteiger partial charge on any atom is -0.444 e. The van der Waals surface area contributed by atoms with E-state index in [0.717, 1.165) is 18.4 Å². The summed E-state index contributed by atoms with van der Waals surface area (Å²) in [4.78, 5) is 16.5. The van der Waals surface area contributed by atoms with Gasteiger partial charge in [0, 0.05) is 20.1 Å². The molecule has 1 aromatic carbocycles. The summed E-state index contributed by atoms with van der Waals surface area (Å²) in [6.07, 6.45) is 1.07. The fraction of sp³-hybridized carbons (Fsp3) is 0.571. The number of benzene rings is 1. The monoisotopic (exact) mass is 515 g/mol. The number of nitrogens with one attached hydrogen (secondary N) is 3. The van der Waals surface area contributed by atoms with Crippen LogP contribution in [0.15, 0.2) is 29.3 Å².